The highest BCUT2D eigenvalue weighted by atomic mass is 32.2. The zero-order valence-corrected chi connectivity index (χ0v) is 31.8. The highest BCUT2D eigenvalue weighted by molar-refractivity contribution is 7.94. The van der Waals surface area contributed by atoms with Gasteiger partial charge in [-0.2, -0.15) is 16.8 Å². The van der Waals surface area contributed by atoms with Gasteiger partial charge >= 0.3 is 6.03 Å². The average Bonchev–Trinajstić information content (AvgIpc) is 3.35. The van der Waals surface area contributed by atoms with E-state index in [1.807, 2.05) is 0 Å². The SMILES string of the molecule is Cc1ccc2c(NC(=O)Nc3c4ccc(C)c3S(=O)(=O)N4c3ccc(O)c4c(S(=O)(=O)O)cccc34)c1S(=O)(=O)N2c1ccc(O)c2c(S(=O)(=O)O)cccc12. The average molecular weight is 839 g/mol. The Hall–Kier alpha value is -5.97. The first-order valence-electron chi connectivity index (χ1n) is 16.1. The number of hydrogen-bond acceptors (Lipinski definition) is 11. The van der Waals surface area contributed by atoms with E-state index in [2.05, 4.69) is 10.6 Å². The van der Waals surface area contributed by atoms with Crippen LogP contribution in [0.5, 0.6) is 11.5 Å². The molecule has 0 aliphatic carbocycles. The number of nitrogens with zero attached hydrogens (tertiary/aromatic N) is 2. The van der Waals surface area contributed by atoms with Crippen LogP contribution in [0.3, 0.4) is 0 Å². The lowest BCUT2D eigenvalue weighted by molar-refractivity contribution is 0.262. The fourth-order valence-corrected chi connectivity index (χ4v) is 12.5. The molecular formula is C35H26N4O13S4. The van der Waals surface area contributed by atoms with E-state index in [0.717, 1.165) is 32.9 Å². The molecule has 4 bridgehead atoms. The molecule has 0 fully saturated rings. The second kappa shape index (κ2) is 12.0. The number of aryl methyl sites for hydroxylation is 2. The van der Waals surface area contributed by atoms with Crippen molar-refractivity contribution < 1.29 is 57.8 Å². The maximum Gasteiger partial charge on any atom is 0.323 e. The first-order chi connectivity index (χ1) is 26.2. The maximum absolute atomic E-state index is 14.2. The second-order valence-corrected chi connectivity index (χ2v) is 19.1. The van der Waals surface area contributed by atoms with Crippen molar-refractivity contribution in [2.24, 2.45) is 0 Å². The summed E-state index contributed by atoms with van der Waals surface area (Å²) in [6, 6.07) is 16.4. The van der Waals surface area contributed by atoms with Crippen LogP contribution in [0.15, 0.2) is 105 Å². The third kappa shape index (κ3) is 5.27. The van der Waals surface area contributed by atoms with Crippen molar-refractivity contribution in [2.45, 2.75) is 33.4 Å². The van der Waals surface area contributed by atoms with Gasteiger partial charge in [-0.25, -0.2) is 30.2 Å². The summed E-state index contributed by atoms with van der Waals surface area (Å²) < 4.78 is 127. The molecule has 8 rings (SSSR count). The van der Waals surface area contributed by atoms with Gasteiger partial charge in [0.1, 0.15) is 31.1 Å². The summed E-state index contributed by atoms with van der Waals surface area (Å²) in [7, 11) is -18.8. The van der Waals surface area contributed by atoms with Gasteiger partial charge in [0.15, 0.2) is 0 Å². The van der Waals surface area contributed by atoms with Crippen molar-refractivity contribution >= 4 is 102 Å². The Morgan fingerprint density at radius 2 is 0.911 bits per heavy atom. The predicted molar refractivity (Wildman–Crippen MR) is 205 cm³/mol. The van der Waals surface area contributed by atoms with Gasteiger partial charge in [0.05, 0.1) is 34.1 Å². The summed E-state index contributed by atoms with van der Waals surface area (Å²) in [5.41, 5.74) is -0.480. The van der Waals surface area contributed by atoms with E-state index in [4.69, 9.17) is 0 Å². The van der Waals surface area contributed by atoms with E-state index in [1.165, 1.54) is 74.5 Å². The highest BCUT2D eigenvalue weighted by Gasteiger charge is 2.44. The smallest absolute Gasteiger partial charge is 0.323 e. The highest BCUT2D eigenvalue weighted by Crippen LogP contribution is 2.54. The van der Waals surface area contributed by atoms with Crippen LogP contribution in [-0.4, -0.2) is 59.0 Å². The van der Waals surface area contributed by atoms with Gasteiger partial charge < -0.3 is 20.8 Å². The fraction of sp³-hybridized carbons (Fsp3) is 0.0571. The molecule has 21 heteroatoms. The van der Waals surface area contributed by atoms with Crippen LogP contribution >= 0.6 is 0 Å². The quantitative estimate of drug-likeness (QED) is 0.108. The third-order valence-corrected chi connectivity index (χ3v) is 15.1. The number of benzene rings is 6. The molecule has 0 spiro atoms. The number of phenolic OH excluding ortho intramolecular Hbond substituents is 2. The Bertz CT molecular complexity index is 3050. The van der Waals surface area contributed by atoms with Crippen molar-refractivity contribution in [3.05, 3.63) is 96.1 Å². The lowest BCUT2D eigenvalue weighted by Crippen LogP contribution is -2.21. The molecule has 2 amide bonds. The van der Waals surface area contributed by atoms with Crippen LogP contribution in [0, 0.1) is 13.8 Å². The minimum absolute atomic E-state index is 0.0742. The van der Waals surface area contributed by atoms with E-state index in [-0.39, 0.29) is 76.6 Å². The summed E-state index contributed by atoms with van der Waals surface area (Å²) in [5, 5.41) is 25.4. The van der Waals surface area contributed by atoms with Crippen LogP contribution in [0.25, 0.3) is 21.5 Å². The molecule has 0 unspecified atom stereocenters. The van der Waals surface area contributed by atoms with Crippen molar-refractivity contribution in [1.29, 1.82) is 0 Å². The predicted octanol–water partition coefficient (Wildman–Crippen LogP) is 5.84. The van der Waals surface area contributed by atoms with E-state index >= 15 is 0 Å². The number of phenols is 2. The number of carbonyl (C=O) groups excluding carboxylic acids is 1. The van der Waals surface area contributed by atoms with Gasteiger partial charge in [-0.15, -0.1) is 0 Å². The Labute approximate surface area is 318 Å². The molecule has 288 valence electrons. The normalized spacial score (nSPS) is 15.4. The van der Waals surface area contributed by atoms with E-state index in [9.17, 15) is 57.8 Å². The molecular weight excluding hydrogens is 813 g/mol. The summed E-state index contributed by atoms with van der Waals surface area (Å²) in [4.78, 5) is 11.9. The molecule has 0 atom stereocenters. The molecule has 2 heterocycles. The van der Waals surface area contributed by atoms with Crippen LogP contribution in [-0.2, 0) is 40.3 Å². The zero-order valence-electron chi connectivity index (χ0n) is 28.6. The summed E-state index contributed by atoms with van der Waals surface area (Å²) in [6.07, 6.45) is 0. The molecule has 0 aromatic heterocycles. The zero-order chi connectivity index (χ0) is 40.4. The van der Waals surface area contributed by atoms with E-state index < -0.39 is 67.6 Å². The number of sulfonamides is 2. The number of carbonyl (C=O) groups is 1. The topological polar surface area (TPSA) is 265 Å². The van der Waals surface area contributed by atoms with Crippen LogP contribution in [0.1, 0.15) is 11.1 Å². The lowest BCUT2D eigenvalue weighted by Gasteiger charge is -2.21. The number of aromatic hydroxyl groups is 2. The monoisotopic (exact) mass is 838 g/mol. The summed E-state index contributed by atoms with van der Waals surface area (Å²) >= 11 is 0. The third-order valence-electron chi connectivity index (χ3n) is 9.48. The number of anilines is 6. The number of amides is 2. The molecule has 17 nitrogen and oxygen atoms in total. The summed E-state index contributed by atoms with van der Waals surface area (Å²) in [5.74, 6) is -1.12. The standard InChI is InChI=1S/C35H26N4O13S4/c1-17-9-11-23-31(33(17)53(43,44)38(23)21-13-15-25(40)29-19(21)5-3-7-27(29)55(47,48)49)36-35(42)37-32-24-12-10-18(2)34(32)54(45,46)39(24)22-14-16-26(41)30-20(22)6-4-8-28(30)56(50,51)52/h3-16,40-41H,1-2H3,(H2,36,37,42)(H,47,48,49)(H,50,51,52). The van der Waals surface area contributed by atoms with Crippen LogP contribution in [0.4, 0.5) is 38.9 Å². The number of nitrogens with one attached hydrogen (secondary N) is 2. The molecule has 56 heavy (non-hydrogen) atoms. The van der Waals surface area contributed by atoms with Crippen molar-refractivity contribution in [3.63, 3.8) is 0 Å². The largest absolute Gasteiger partial charge is 0.507 e. The number of rotatable bonds is 6. The van der Waals surface area contributed by atoms with Gasteiger partial charge in [-0.1, -0.05) is 36.4 Å². The Morgan fingerprint density at radius 3 is 1.27 bits per heavy atom. The number of fused-ring (bicyclic) bond motifs is 6. The van der Waals surface area contributed by atoms with Crippen molar-refractivity contribution in [2.75, 3.05) is 19.2 Å². The second-order valence-electron chi connectivity index (χ2n) is 12.8. The fourth-order valence-electron chi connectivity index (χ4n) is 7.28. The van der Waals surface area contributed by atoms with Crippen LogP contribution < -0.4 is 19.2 Å². The van der Waals surface area contributed by atoms with E-state index in [1.54, 1.807) is 0 Å². The molecule has 6 N–H and O–H groups in total. The van der Waals surface area contributed by atoms with E-state index in [0.29, 0.717) is 0 Å². The Morgan fingerprint density at radius 1 is 0.554 bits per heavy atom. The van der Waals surface area contributed by atoms with Crippen molar-refractivity contribution in [3.8, 4) is 11.5 Å². The van der Waals surface area contributed by atoms with Gasteiger partial charge in [0, 0.05) is 21.5 Å². The van der Waals surface area contributed by atoms with Gasteiger partial charge in [-0.05, 0) is 73.5 Å². The molecule has 0 saturated carbocycles. The minimum Gasteiger partial charge on any atom is -0.507 e. The molecule has 2 aliphatic heterocycles. The minimum atomic E-state index is -4.88. The number of hydrogen-bond donors (Lipinski definition) is 6. The molecule has 0 saturated heterocycles. The maximum atomic E-state index is 14.2. The Kier molecular flexibility index (Phi) is 7.93. The first-order valence-corrected chi connectivity index (χ1v) is 21.8. The van der Waals surface area contributed by atoms with Crippen LogP contribution in [0.2, 0.25) is 0 Å². The molecule has 0 radical (unpaired) electrons. The lowest BCUT2D eigenvalue weighted by atomic mass is 10.1. The molecule has 2 aliphatic rings. The summed E-state index contributed by atoms with van der Waals surface area (Å²) in [6.45, 7) is 2.94. The van der Waals surface area contributed by atoms with Gasteiger partial charge in [0.2, 0.25) is 0 Å². The molecule has 6 aromatic carbocycles. The van der Waals surface area contributed by atoms with Crippen molar-refractivity contribution in [1.82, 2.24) is 0 Å². The Balaban J connectivity index is 1.23. The number of urea groups is 1. The molecule has 6 aromatic rings. The van der Waals surface area contributed by atoms with Gasteiger partial charge in [-0.3, -0.25) is 9.11 Å². The first kappa shape index (κ1) is 37.0. The van der Waals surface area contributed by atoms with Gasteiger partial charge in [0.25, 0.3) is 40.3 Å².